The summed E-state index contributed by atoms with van der Waals surface area (Å²) < 4.78 is 0. The molecule has 2 saturated carbocycles. The monoisotopic (exact) mass is 186 g/mol. The summed E-state index contributed by atoms with van der Waals surface area (Å²) in [6.45, 7) is 0. The lowest BCUT2D eigenvalue weighted by atomic mass is 9.84. The van der Waals surface area contributed by atoms with Gasteiger partial charge in [0.2, 0.25) is 0 Å². The zero-order valence-electron chi connectivity index (χ0n) is 8.65. The molecule has 2 aliphatic rings. The van der Waals surface area contributed by atoms with Gasteiger partial charge in [-0.25, -0.2) is 0 Å². The van der Waals surface area contributed by atoms with Gasteiger partial charge in [0.25, 0.3) is 0 Å². The van der Waals surface area contributed by atoms with Crippen LogP contribution in [0.15, 0.2) is 30.3 Å². The van der Waals surface area contributed by atoms with Crippen LogP contribution in [0.3, 0.4) is 0 Å². The summed E-state index contributed by atoms with van der Waals surface area (Å²) in [5.74, 6) is 3.17. The maximum Gasteiger partial charge on any atom is -0.0248 e. The Morgan fingerprint density at radius 1 is 1.00 bits per heavy atom. The molecule has 2 aliphatic carbocycles. The van der Waals surface area contributed by atoms with Crippen molar-refractivity contribution in [2.24, 2.45) is 17.8 Å². The van der Waals surface area contributed by atoms with Crippen molar-refractivity contribution in [1.82, 2.24) is 0 Å². The maximum atomic E-state index is 2.28. The molecular formula is C14H18. The van der Waals surface area contributed by atoms with E-state index >= 15 is 0 Å². The minimum atomic E-state index is 1.01. The maximum absolute atomic E-state index is 2.28. The van der Waals surface area contributed by atoms with E-state index in [0.717, 1.165) is 17.8 Å². The first-order chi connectivity index (χ1) is 6.92. The van der Waals surface area contributed by atoms with Crippen LogP contribution in [0.4, 0.5) is 0 Å². The normalized spacial score (nSPS) is 35.0. The molecule has 0 aromatic heterocycles. The van der Waals surface area contributed by atoms with Crippen molar-refractivity contribution in [2.75, 3.05) is 0 Å². The van der Waals surface area contributed by atoms with E-state index in [0.29, 0.717) is 0 Å². The van der Waals surface area contributed by atoms with Gasteiger partial charge in [0.15, 0.2) is 0 Å². The molecule has 0 spiro atoms. The molecule has 74 valence electrons. The fourth-order valence-corrected chi connectivity index (χ4v) is 3.54. The Balaban J connectivity index is 1.69. The molecule has 3 atom stereocenters. The molecule has 1 aromatic carbocycles. The third-order valence-corrected chi connectivity index (χ3v) is 4.23. The molecule has 0 aliphatic heterocycles. The molecule has 0 N–H and O–H groups in total. The molecule has 0 nitrogen and oxygen atoms in total. The van der Waals surface area contributed by atoms with Crippen LogP contribution in [0, 0.1) is 17.8 Å². The van der Waals surface area contributed by atoms with Crippen molar-refractivity contribution in [3.63, 3.8) is 0 Å². The van der Waals surface area contributed by atoms with Crippen LogP contribution in [0.1, 0.15) is 31.2 Å². The van der Waals surface area contributed by atoms with Crippen molar-refractivity contribution in [2.45, 2.75) is 32.1 Å². The summed E-state index contributed by atoms with van der Waals surface area (Å²) in [5, 5.41) is 0. The Bertz CT molecular complexity index is 301. The van der Waals surface area contributed by atoms with Crippen LogP contribution in [-0.2, 0) is 6.42 Å². The molecule has 0 radical (unpaired) electrons. The molecule has 0 amide bonds. The van der Waals surface area contributed by atoms with Gasteiger partial charge in [-0.2, -0.15) is 0 Å². The summed E-state index contributed by atoms with van der Waals surface area (Å²) >= 11 is 0. The number of fused-ring (bicyclic) bond motifs is 2. The Morgan fingerprint density at radius 2 is 1.86 bits per heavy atom. The topological polar surface area (TPSA) is 0 Å². The Labute approximate surface area is 86.3 Å². The Kier molecular flexibility index (Phi) is 2.08. The second-order valence-corrected chi connectivity index (χ2v) is 5.12. The molecule has 2 fully saturated rings. The lowest BCUT2D eigenvalue weighted by molar-refractivity contribution is 0.331. The van der Waals surface area contributed by atoms with Crippen molar-refractivity contribution < 1.29 is 0 Å². The van der Waals surface area contributed by atoms with E-state index < -0.39 is 0 Å². The zero-order valence-corrected chi connectivity index (χ0v) is 8.65. The summed E-state index contributed by atoms with van der Waals surface area (Å²) in [5.41, 5.74) is 1.55. The smallest absolute Gasteiger partial charge is 0.0248 e. The van der Waals surface area contributed by atoms with Gasteiger partial charge in [-0.3, -0.25) is 0 Å². The SMILES string of the molecule is c1ccc(C[C@H]2CC3CCC2C3)cc1. The van der Waals surface area contributed by atoms with E-state index in [9.17, 15) is 0 Å². The highest BCUT2D eigenvalue weighted by molar-refractivity contribution is 5.16. The largest absolute Gasteiger partial charge is 0.0622 e. The third-order valence-electron chi connectivity index (χ3n) is 4.23. The standard InChI is InChI=1S/C14H18/c1-2-4-11(5-3-1)8-14-10-12-6-7-13(14)9-12/h1-5,12-14H,6-10H2/t12?,13?,14-/m0/s1. The van der Waals surface area contributed by atoms with E-state index in [-0.39, 0.29) is 0 Å². The highest BCUT2D eigenvalue weighted by Crippen LogP contribution is 2.49. The summed E-state index contributed by atoms with van der Waals surface area (Å²) in [6.07, 6.45) is 7.43. The molecule has 3 rings (SSSR count). The fraction of sp³-hybridized carbons (Fsp3) is 0.571. The van der Waals surface area contributed by atoms with Crippen molar-refractivity contribution in [1.29, 1.82) is 0 Å². The zero-order chi connectivity index (χ0) is 9.38. The minimum Gasteiger partial charge on any atom is -0.0622 e. The van der Waals surface area contributed by atoms with Gasteiger partial charge < -0.3 is 0 Å². The summed E-state index contributed by atoms with van der Waals surface area (Å²) in [7, 11) is 0. The lowest BCUT2D eigenvalue weighted by Crippen LogP contribution is -2.12. The predicted molar refractivity (Wildman–Crippen MR) is 59.1 cm³/mol. The van der Waals surface area contributed by atoms with Gasteiger partial charge in [-0.15, -0.1) is 0 Å². The quantitative estimate of drug-likeness (QED) is 0.661. The molecular weight excluding hydrogens is 168 g/mol. The molecule has 2 bridgehead atoms. The molecule has 1 aromatic rings. The van der Waals surface area contributed by atoms with Gasteiger partial charge in [-0.1, -0.05) is 36.8 Å². The van der Waals surface area contributed by atoms with E-state index in [1.54, 1.807) is 5.56 Å². The molecule has 0 heteroatoms. The van der Waals surface area contributed by atoms with Crippen molar-refractivity contribution in [3.8, 4) is 0 Å². The van der Waals surface area contributed by atoms with Crippen LogP contribution >= 0.6 is 0 Å². The second-order valence-electron chi connectivity index (χ2n) is 5.12. The van der Waals surface area contributed by atoms with Crippen LogP contribution < -0.4 is 0 Å². The van der Waals surface area contributed by atoms with E-state index in [2.05, 4.69) is 30.3 Å². The van der Waals surface area contributed by atoms with Crippen LogP contribution in [0.5, 0.6) is 0 Å². The fourth-order valence-electron chi connectivity index (χ4n) is 3.54. The van der Waals surface area contributed by atoms with E-state index in [1.807, 2.05) is 0 Å². The van der Waals surface area contributed by atoms with Crippen molar-refractivity contribution >= 4 is 0 Å². The van der Waals surface area contributed by atoms with Gasteiger partial charge in [0, 0.05) is 0 Å². The number of rotatable bonds is 2. The first-order valence-corrected chi connectivity index (χ1v) is 5.96. The minimum absolute atomic E-state index is 1.01. The van der Waals surface area contributed by atoms with Crippen LogP contribution in [0.2, 0.25) is 0 Å². The molecule has 14 heavy (non-hydrogen) atoms. The lowest BCUT2D eigenvalue weighted by Gasteiger charge is -2.21. The Morgan fingerprint density at radius 3 is 2.50 bits per heavy atom. The van der Waals surface area contributed by atoms with Gasteiger partial charge in [-0.05, 0) is 49.0 Å². The highest BCUT2D eigenvalue weighted by Gasteiger charge is 2.38. The van der Waals surface area contributed by atoms with Gasteiger partial charge in [0.1, 0.15) is 0 Å². The second kappa shape index (κ2) is 3.42. The molecule has 0 heterocycles. The Hall–Kier alpha value is -0.780. The number of hydrogen-bond donors (Lipinski definition) is 0. The number of hydrogen-bond acceptors (Lipinski definition) is 0. The average Bonchev–Trinajstić information content (AvgIpc) is 2.81. The van der Waals surface area contributed by atoms with E-state index in [1.165, 1.54) is 32.1 Å². The summed E-state index contributed by atoms with van der Waals surface area (Å²) in [6, 6.07) is 11.0. The van der Waals surface area contributed by atoms with Gasteiger partial charge >= 0.3 is 0 Å². The van der Waals surface area contributed by atoms with Crippen LogP contribution in [-0.4, -0.2) is 0 Å². The molecule has 0 saturated heterocycles. The number of benzene rings is 1. The highest BCUT2D eigenvalue weighted by atomic mass is 14.4. The van der Waals surface area contributed by atoms with Gasteiger partial charge in [0.05, 0.1) is 0 Å². The first kappa shape index (κ1) is 8.52. The average molecular weight is 186 g/mol. The summed E-state index contributed by atoms with van der Waals surface area (Å²) in [4.78, 5) is 0. The van der Waals surface area contributed by atoms with Crippen LogP contribution in [0.25, 0.3) is 0 Å². The molecule has 2 unspecified atom stereocenters. The first-order valence-electron chi connectivity index (χ1n) is 5.96. The van der Waals surface area contributed by atoms with Crippen molar-refractivity contribution in [3.05, 3.63) is 35.9 Å². The van der Waals surface area contributed by atoms with E-state index in [4.69, 9.17) is 0 Å². The third kappa shape index (κ3) is 1.47. The predicted octanol–water partition coefficient (Wildman–Crippen LogP) is 3.67.